The molecule has 41 heavy (non-hydrogen) atoms. The van der Waals surface area contributed by atoms with Gasteiger partial charge < -0.3 is 30.4 Å². The molecule has 1 aliphatic carbocycles. The number of halogens is 4. The largest absolute Gasteiger partial charge is 0.489 e. The molecule has 2 atom stereocenters. The normalized spacial score (nSPS) is 18.8. The maximum Gasteiger partial charge on any atom is 0.398 e. The summed E-state index contributed by atoms with van der Waals surface area (Å²) in [4.78, 5) is 17.3. The first-order chi connectivity index (χ1) is 19.5. The van der Waals surface area contributed by atoms with Crippen molar-refractivity contribution in [3.8, 4) is 28.5 Å². The van der Waals surface area contributed by atoms with Crippen LogP contribution in [-0.2, 0) is 5.54 Å². The van der Waals surface area contributed by atoms with E-state index in [1.807, 2.05) is 0 Å². The molecule has 5 rings (SSSR count). The van der Waals surface area contributed by atoms with Crippen molar-refractivity contribution in [3.05, 3.63) is 71.2 Å². The Hall–Kier alpha value is -3.90. The molecule has 3 aromatic rings. The number of ether oxygens (including phenoxy) is 3. The molecule has 2 aliphatic rings. The number of amides is 1. The van der Waals surface area contributed by atoms with Gasteiger partial charge in [0.05, 0.1) is 23.9 Å². The van der Waals surface area contributed by atoms with Gasteiger partial charge in [-0.1, -0.05) is 0 Å². The fraction of sp³-hybridized carbons (Fsp3) is 0.379. The Kier molecular flexibility index (Phi) is 7.80. The molecule has 0 bridgehead atoms. The average Bonchev–Trinajstić information content (AvgIpc) is 3.69. The van der Waals surface area contributed by atoms with Gasteiger partial charge in [-0.05, 0) is 68.3 Å². The maximum absolute atomic E-state index is 14.4. The molecule has 0 radical (unpaired) electrons. The first-order valence-electron chi connectivity index (χ1n) is 13.1. The number of benzene rings is 2. The number of hydrogen-bond acceptors (Lipinski definition) is 7. The fourth-order valence-corrected chi connectivity index (χ4v) is 4.47. The van der Waals surface area contributed by atoms with E-state index in [9.17, 15) is 22.4 Å². The number of carbonyl (C=O) groups is 1. The predicted octanol–water partition coefficient (Wildman–Crippen LogP) is 4.44. The van der Waals surface area contributed by atoms with Crippen molar-refractivity contribution in [1.29, 1.82) is 0 Å². The summed E-state index contributed by atoms with van der Waals surface area (Å²) in [6.07, 6.45) is -2.97. The zero-order valence-corrected chi connectivity index (χ0v) is 22.1. The number of nitrogens with two attached hydrogens (primary N) is 1. The van der Waals surface area contributed by atoms with E-state index in [0.717, 1.165) is 12.8 Å². The van der Waals surface area contributed by atoms with Gasteiger partial charge in [0.2, 0.25) is 0 Å². The van der Waals surface area contributed by atoms with Crippen LogP contribution in [-0.4, -0.2) is 54.6 Å². The molecule has 1 saturated carbocycles. The number of pyridine rings is 1. The third-order valence-electron chi connectivity index (χ3n) is 6.83. The van der Waals surface area contributed by atoms with E-state index in [0.29, 0.717) is 16.9 Å². The van der Waals surface area contributed by atoms with Crippen LogP contribution in [0.25, 0.3) is 11.3 Å². The van der Waals surface area contributed by atoms with E-state index < -0.39 is 35.9 Å². The number of hydrogen-bond donors (Lipinski definition) is 3. The Morgan fingerprint density at radius 2 is 1.93 bits per heavy atom. The number of nitrogens with one attached hydrogen (secondary N) is 1. The lowest BCUT2D eigenvalue weighted by Gasteiger charge is -2.23. The molecule has 1 aromatic heterocycles. The van der Waals surface area contributed by atoms with Gasteiger partial charge in [0.1, 0.15) is 30.6 Å². The summed E-state index contributed by atoms with van der Waals surface area (Å²) < 4.78 is 73.8. The summed E-state index contributed by atoms with van der Waals surface area (Å²) in [5, 5.41) is 11.5. The van der Waals surface area contributed by atoms with Gasteiger partial charge in [-0.3, -0.25) is 4.79 Å². The van der Waals surface area contributed by atoms with Crippen molar-refractivity contribution in [2.24, 2.45) is 5.73 Å². The first-order valence-corrected chi connectivity index (χ1v) is 13.1. The highest BCUT2D eigenvalue weighted by atomic mass is 19.4. The van der Waals surface area contributed by atoms with E-state index in [2.05, 4.69) is 10.3 Å². The van der Waals surface area contributed by atoms with Gasteiger partial charge in [0, 0.05) is 23.2 Å². The summed E-state index contributed by atoms with van der Waals surface area (Å²) in [5.74, 6) is -2.64. The Morgan fingerprint density at radius 1 is 1.20 bits per heavy atom. The Labute approximate surface area is 233 Å². The van der Waals surface area contributed by atoms with Crippen LogP contribution in [0.1, 0.15) is 47.3 Å². The molecule has 2 aromatic carbocycles. The number of fused-ring (bicyclic) bond motifs is 1. The van der Waals surface area contributed by atoms with Crippen LogP contribution in [0.4, 0.5) is 17.6 Å². The second kappa shape index (κ2) is 11.2. The van der Waals surface area contributed by atoms with Crippen LogP contribution >= 0.6 is 0 Å². The van der Waals surface area contributed by atoms with Crippen LogP contribution in [0.2, 0.25) is 0 Å². The van der Waals surface area contributed by atoms with Crippen molar-refractivity contribution in [2.75, 3.05) is 26.4 Å². The first kappa shape index (κ1) is 28.6. The van der Waals surface area contributed by atoms with Crippen LogP contribution < -0.4 is 25.3 Å². The van der Waals surface area contributed by atoms with Crippen LogP contribution in [0.3, 0.4) is 0 Å². The summed E-state index contributed by atoms with van der Waals surface area (Å²) in [6.45, 7) is 0.524. The summed E-state index contributed by atoms with van der Waals surface area (Å²) in [6, 6.07) is 10.7. The molecule has 1 amide bonds. The monoisotopic (exact) mass is 575 g/mol. The predicted molar refractivity (Wildman–Crippen MR) is 140 cm³/mol. The number of nitrogens with zero attached hydrogens (tertiary/aromatic N) is 1. The molecule has 0 spiro atoms. The molecule has 2 heterocycles. The molecule has 0 saturated heterocycles. The minimum atomic E-state index is -4.78. The topological polar surface area (TPSA) is 116 Å². The lowest BCUT2D eigenvalue weighted by Crippen LogP contribution is -2.37. The number of carbonyl (C=O) groups excluding carboxylic acids is 1. The molecule has 12 heteroatoms. The van der Waals surface area contributed by atoms with Gasteiger partial charge >= 0.3 is 6.18 Å². The smallest absolute Gasteiger partial charge is 0.398 e. The summed E-state index contributed by atoms with van der Waals surface area (Å²) in [5.41, 5.74) is 5.73. The standard InChI is InChI=1S/C29H29F4N3O5/c1-28(34)15-40-26-20(28)13-22(36-25(26)16-2-5-18(30)6-3-16)21(29(31,32)33)14-35-27(38)17-4-9-23(41-19-7-8-19)24(12-17)39-11-10-37/h2-6,9,12-13,19,21,37H,7-8,10-11,14-15,34H2,1H3,(H,35,38). The number of alkyl halides is 3. The van der Waals surface area contributed by atoms with Gasteiger partial charge in [0.25, 0.3) is 5.91 Å². The highest BCUT2D eigenvalue weighted by Gasteiger charge is 2.44. The van der Waals surface area contributed by atoms with E-state index in [1.165, 1.54) is 48.5 Å². The quantitative estimate of drug-likeness (QED) is 0.306. The fourth-order valence-electron chi connectivity index (χ4n) is 4.47. The van der Waals surface area contributed by atoms with E-state index >= 15 is 0 Å². The van der Waals surface area contributed by atoms with Crippen molar-refractivity contribution in [3.63, 3.8) is 0 Å². The van der Waals surface area contributed by atoms with Crippen LogP contribution in [0.15, 0.2) is 48.5 Å². The van der Waals surface area contributed by atoms with E-state index in [1.54, 1.807) is 6.92 Å². The minimum Gasteiger partial charge on any atom is -0.489 e. The number of aliphatic hydroxyl groups is 1. The zero-order valence-electron chi connectivity index (χ0n) is 22.1. The lowest BCUT2D eigenvalue weighted by molar-refractivity contribution is -0.149. The summed E-state index contributed by atoms with van der Waals surface area (Å²) >= 11 is 0. The molecular weight excluding hydrogens is 546 g/mol. The zero-order chi connectivity index (χ0) is 29.4. The van der Waals surface area contributed by atoms with Gasteiger partial charge in [-0.15, -0.1) is 0 Å². The van der Waals surface area contributed by atoms with Gasteiger partial charge in [0.15, 0.2) is 17.2 Å². The van der Waals surface area contributed by atoms with Gasteiger partial charge in [-0.2, -0.15) is 13.2 Å². The molecule has 1 aliphatic heterocycles. The molecule has 1 fully saturated rings. The van der Waals surface area contributed by atoms with Crippen LogP contribution in [0.5, 0.6) is 17.2 Å². The highest BCUT2D eigenvalue weighted by Crippen LogP contribution is 2.45. The van der Waals surface area contributed by atoms with Crippen molar-refractivity contribution >= 4 is 5.91 Å². The molecular formula is C29H29F4N3O5. The van der Waals surface area contributed by atoms with E-state index in [4.69, 9.17) is 25.1 Å². The average molecular weight is 576 g/mol. The number of rotatable bonds is 10. The van der Waals surface area contributed by atoms with Crippen LogP contribution in [0, 0.1) is 5.82 Å². The second-order valence-corrected chi connectivity index (χ2v) is 10.3. The molecule has 8 nitrogen and oxygen atoms in total. The highest BCUT2D eigenvalue weighted by molar-refractivity contribution is 5.95. The lowest BCUT2D eigenvalue weighted by atomic mass is 9.91. The summed E-state index contributed by atoms with van der Waals surface area (Å²) in [7, 11) is 0. The third-order valence-corrected chi connectivity index (χ3v) is 6.83. The second-order valence-electron chi connectivity index (χ2n) is 10.3. The molecule has 2 unspecified atom stereocenters. The Morgan fingerprint density at radius 3 is 2.59 bits per heavy atom. The molecule has 4 N–H and O–H groups in total. The van der Waals surface area contributed by atoms with Gasteiger partial charge in [-0.25, -0.2) is 9.37 Å². The maximum atomic E-state index is 14.4. The third kappa shape index (κ3) is 6.38. The van der Waals surface area contributed by atoms with Crippen molar-refractivity contribution in [2.45, 2.75) is 43.5 Å². The van der Waals surface area contributed by atoms with Crippen molar-refractivity contribution < 1.29 is 41.7 Å². The Bertz CT molecular complexity index is 1430. The van der Waals surface area contributed by atoms with E-state index in [-0.39, 0.29) is 54.4 Å². The Balaban J connectivity index is 1.43. The minimum absolute atomic E-state index is 0.0240. The molecule has 218 valence electrons. The number of aromatic nitrogens is 1. The number of aliphatic hydroxyl groups excluding tert-OH is 1. The SMILES string of the molecule is CC1(N)COc2c1cc(C(CNC(=O)c1ccc(OC3CC3)c(OCCO)c1)C(F)(F)F)nc2-c1ccc(F)cc1. The van der Waals surface area contributed by atoms with Crippen molar-refractivity contribution in [1.82, 2.24) is 10.3 Å².